The molecule has 2 aromatic heterocycles. The summed E-state index contributed by atoms with van der Waals surface area (Å²) >= 11 is 3.50. The summed E-state index contributed by atoms with van der Waals surface area (Å²) in [4.78, 5) is 16.5. The molecule has 0 saturated carbocycles. The molecule has 25 heavy (non-hydrogen) atoms. The van der Waals surface area contributed by atoms with Crippen LogP contribution in [0.15, 0.2) is 23.8 Å². The van der Waals surface area contributed by atoms with E-state index in [0.717, 1.165) is 31.0 Å². The SMILES string of the molecule is O=C(Nc1cnn(CCN2CCCCC2)c1)[C@@H]1SCCc2sccc21. The van der Waals surface area contributed by atoms with Crippen LogP contribution in [-0.4, -0.2) is 46.0 Å². The summed E-state index contributed by atoms with van der Waals surface area (Å²) in [5.41, 5.74) is 1.99. The Bertz CT molecular complexity index is 720. The number of aryl methyl sites for hydroxylation is 1. The molecule has 5 nitrogen and oxygen atoms in total. The third kappa shape index (κ3) is 4.10. The van der Waals surface area contributed by atoms with Gasteiger partial charge >= 0.3 is 0 Å². The number of hydrogen-bond acceptors (Lipinski definition) is 5. The first kappa shape index (κ1) is 17.1. The lowest BCUT2D eigenvalue weighted by Crippen LogP contribution is -2.32. The third-order valence-electron chi connectivity index (χ3n) is 4.91. The second-order valence-corrected chi connectivity index (χ2v) is 8.90. The number of nitrogens with zero attached hydrogens (tertiary/aromatic N) is 3. The van der Waals surface area contributed by atoms with Crippen molar-refractivity contribution in [3.63, 3.8) is 0 Å². The lowest BCUT2D eigenvalue weighted by molar-refractivity contribution is -0.115. The van der Waals surface area contributed by atoms with E-state index in [0.29, 0.717) is 0 Å². The molecule has 1 atom stereocenters. The van der Waals surface area contributed by atoms with Gasteiger partial charge in [-0.2, -0.15) is 5.10 Å². The van der Waals surface area contributed by atoms with Crippen molar-refractivity contribution >= 4 is 34.7 Å². The Labute approximate surface area is 156 Å². The zero-order valence-corrected chi connectivity index (χ0v) is 16.0. The highest BCUT2D eigenvalue weighted by atomic mass is 32.2. The van der Waals surface area contributed by atoms with Crippen LogP contribution in [0.2, 0.25) is 0 Å². The lowest BCUT2D eigenvalue weighted by Gasteiger charge is -2.26. The Morgan fingerprint density at radius 1 is 1.28 bits per heavy atom. The molecule has 134 valence electrons. The van der Waals surface area contributed by atoms with Gasteiger partial charge in [0.25, 0.3) is 0 Å². The van der Waals surface area contributed by atoms with Crippen molar-refractivity contribution in [3.8, 4) is 0 Å². The van der Waals surface area contributed by atoms with Gasteiger partial charge in [0.1, 0.15) is 5.25 Å². The predicted octanol–water partition coefficient (Wildman–Crippen LogP) is 3.40. The molecule has 0 aromatic carbocycles. The molecule has 0 unspecified atom stereocenters. The van der Waals surface area contributed by atoms with Gasteiger partial charge in [0.15, 0.2) is 0 Å². The number of rotatable bonds is 5. The van der Waals surface area contributed by atoms with Gasteiger partial charge < -0.3 is 10.2 Å². The monoisotopic (exact) mass is 376 g/mol. The van der Waals surface area contributed by atoms with Gasteiger partial charge in [0, 0.05) is 17.6 Å². The van der Waals surface area contributed by atoms with E-state index >= 15 is 0 Å². The van der Waals surface area contributed by atoms with Gasteiger partial charge in [0.2, 0.25) is 5.91 Å². The molecule has 4 rings (SSSR count). The number of nitrogens with one attached hydrogen (secondary N) is 1. The Kier molecular flexibility index (Phi) is 5.43. The number of carbonyl (C=O) groups is 1. The Morgan fingerprint density at radius 3 is 3.04 bits per heavy atom. The van der Waals surface area contributed by atoms with Crippen molar-refractivity contribution in [2.75, 3.05) is 30.7 Å². The summed E-state index contributed by atoms with van der Waals surface area (Å²) in [5.74, 6) is 1.08. The minimum absolute atomic E-state index is 0.0694. The van der Waals surface area contributed by atoms with Crippen LogP contribution >= 0.6 is 23.1 Å². The molecule has 0 aliphatic carbocycles. The third-order valence-corrected chi connectivity index (χ3v) is 7.15. The fourth-order valence-electron chi connectivity index (χ4n) is 3.55. The summed E-state index contributed by atoms with van der Waals surface area (Å²) < 4.78 is 1.94. The highest BCUT2D eigenvalue weighted by Gasteiger charge is 2.28. The molecule has 1 N–H and O–H groups in total. The normalized spacial score (nSPS) is 21.0. The minimum Gasteiger partial charge on any atom is -0.322 e. The zero-order chi connectivity index (χ0) is 17.1. The van der Waals surface area contributed by atoms with Crippen LogP contribution in [0.3, 0.4) is 0 Å². The van der Waals surface area contributed by atoms with E-state index in [1.165, 1.54) is 42.8 Å². The van der Waals surface area contributed by atoms with Crippen molar-refractivity contribution in [3.05, 3.63) is 34.3 Å². The van der Waals surface area contributed by atoms with Crippen LogP contribution in [-0.2, 0) is 17.8 Å². The fraction of sp³-hybridized carbons (Fsp3) is 0.556. The molecule has 7 heteroatoms. The van der Waals surface area contributed by atoms with E-state index in [9.17, 15) is 4.79 Å². The molecular formula is C18H24N4OS2. The molecule has 0 bridgehead atoms. The van der Waals surface area contributed by atoms with Crippen molar-refractivity contribution in [1.82, 2.24) is 14.7 Å². The molecule has 1 amide bonds. The van der Waals surface area contributed by atoms with E-state index in [4.69, 9.17) is 0 Å². The molecule has 2 aliphatic heterocycles. The number of anilines is 1. The summed E-state index contributed by atoms with van der Waals surface area (Å²) in [6, 6.07) is 2.10. The minimum atomic E-state index is -0.0910. The standard InChI is InChI=1S/C18H24N4OS2/c23-18(17-15-4-10-24-16(15)5-11-25-17)20-14-12-19-22(13-14)9-8-21-6-2-1-3-7-21/h4,10,12-13,17H,1-3,5-9,11H2,(H,20,23)/t17-/m1/s1. The number of carbonyl (C=O) groups excluding carboxylic acids is 1. The molecule has 4 heterocycles. The van der Waals surface area contributed by atoms with Gasteiger partial charge in [-0.15, -0.1) is 23.1 Å². The van der Waals surface area contributed by atoms with Crippen molar-refractivity contribution in [1.29, 1.82) is 0 Å². The van der Waals surface area contributed by atoms with Crippen LogP contribution in [0, 0.1) is 0 Å². The molecule has 1 saturated heterocycles. The number of aromatic nitrogens is 2. The first-order valence-electron chi connectivity index (χ1n) is 9.03. The Balaban J connectivity index is 1.33. The molecule has 0 radical (unpaired) electrons. The van der Waals surface area contributed by atoms with E-state index in [2.05, 4.69) is 26.8 Å². The first-order valence-corrected chi connectivity index (χ1v) is 11.0. The molecule has 2 aromatic rings. The average Bonchev–Trinajstić information content (AvgIpc) is 3.29. The van der Waals surface area contributed by atoms with Crippen LogP contribution in [0.5, 0.6) is 0 Å². The van der Waals surface area contributed by atoms with Gasteiger partial charge in [-0.05, 0) is 55.1 Å². The maximum atomic E-state index is 12.7. The molecular weight excluding hydrogens is 352 g/mol. The average molecular weight is 377 g/mol. The van der Waals surface area contributed by atoms with Gasteiger partial charge in [-0.25, -0.2) is 0 Å². The fourth-order valence-corrected chi connectivity index (χ4v) is 5.84. The van der Waals surface area contributed by atoms with Crippen LogP contribution < -0.4 is 5.32 Å². The summed E-state index contributed by atoms with van der Waals surface area (Å²) in [6.45, 7) is 4.31. The van der Waals surface area contributed by atoms with Crippen LogP contribution in [0.4, 0.5) is 5.69 Å². The summed E-state index contributed by atoms with van der Waals surface area (Å²) in [7, 11) is 0. The van der Waals surface area contributed by atoms with Crippen LogP contribution in [0.25, 0.3) is 0 Å². The smallest absolute Gasteiger partial charge is 0.242 e. The summed E-state index contributed by atoms with van der Waals surface area (Å²) in [6.07, 6.45) is 8.77. The van der Waals surface area contributed by atoms with Crippen molar-refractivity contribution < 1.29 is 4.79 Å². The zero-order valence-electron chi connectivity index (χ0n) is 14.3. The van der Waals surface area contributed by atoms with Gasteiger partial charge in [0.05, 0.1) is 18.4 Å². The second kappa shape index (κ2) is 7.93. The number of fused-ring (bicyclic) bond motifs is 1. The largest absolute Gasteiger partial charge is 0.322 e. The first-order chi connectivity index (χ1) is 12.3. The molecule has 0 spiro atoms. The van der Waals surface area contributed by atoms with Gasteiger partial charge in [-0.3, -0.25) is 9.48 Å². The van der Waals surface area contributed by atoms with Crippen molar-refractivity contribution in [2.24, 2.45) is 0 Å². The number of thiophene rings is 1. The Morgan fingerprint density at radius 2 is 2.16 bits per heavy atom. The van der Waals surface area contributed by atoms with E-state index < -0.39 is 0 Å². The highest BCUT2D eigenvalue weighted by molar-refractivity contribution is 8.00. The quantitative estimate of drug-likeness (QED) is 0.869. The lowest BCUT2D eigenvalue weighted by atomic mass is 10.1. The number of amides is 1. The summed E-state index contributed by atoms with van der Waals surface area (Å²) in [5, 5.41) is 9.45. The van der Waals surface area contributed by atoms with Gasteiger partial charge in [-0.1, -0.05) is 6.42 Å². The maximum absolute atomic E-state index is 12.7. The van der Waals surface area contributed by atoms with E-state index in [1.54, 1.807) is 29.3 Å². The highest BCUT2D eigenvalue weighted by Crippen LogP contribution is 2.39. The number of thioether (sulfide) groups is 1. The number of piperidine rings is 1. The predicted molar refractivity (Wildman–Crippen MR) is 104 cm³/mol. The van der Waals surface area contributed by atoms with Crippen LogP contribution in [0.1, 0.15) is 35.0 Å². The topological polar surface area (TPSA) is 50.2 Å². The maximum Gasteiger partial charge on any atom is 0.242 e. The second-order valence-electron chi connectivity index (χ2n) is 6.68. The number of likely N-dealkylation sites (tertiary alicyclic amines) is 1. The number of hydrogen-bond donors (Lipinski definition) is 1. The van der Waals surface area contributed by atoms with Crippen molar-refractivity contribution in [2.45, 2.75) is 37.5 Å². The van der Waals surface area contributed by atoms with E-state index in [1.807, 2.05) is 10.9 Å². The Hall–Kier alpha value is -1.31. The molecule has 2 aliphatic rings. The van der Waals surface area contributed by atoms with E-state index in [-0.39, 0.29) is 11.2 Å². The molecule has 1 fully saturated rings.